The smallest absolute Gasteiger partial charge is 0.269 e. The Labute approximate surface area is 525 Å². The van der Waals surface area contributed by atoms with Gasteiger partial charge in [-0.1, -0.05) is 257 Å². The summed E-state index contributed by atoms with van der Waals surface area (Å²) >= 11 is 0. The maximum absolute atomic E-state index is 9.87. The lowest BCUT2D eigenvalue weighted by molar-refractivity contribution is -0.571. The Morgan fingerprint density at radius 3 is 1.75 bits per heavy atom. The van der Waals surface area contributed by atoms with E-state index in [1.165, 1.54) is 28.8 Å². The van der Waals surface area contributed by atoms with Crippen LogP contribution in [0.4, 0.5) is 0 Å². The Kier molecular flexibility index (Phi) is 7.37. The van der Waals surface area contributed by atoms with Crippen LogP contribution in [0.25, 0.3) is 83.4 Å². The summed E-state index contributed by atoms with van der Waals surface area (Å²) in [7, 11) is -5.82. The Bertz CT molecular complexity index is 6070. The standard InChI is InChI=1S/C77H60N4OSi/c1-54-47-75(78-52-70(54)56-27-12-6-13-28-56)81-71-42-21-20-39-68(71)69-45-43-61(50-73(69)81)82-60-32-23-31-59(49-60)79-53-80(76-66(55-25-10-5-11-26-55)40-24-41-67(76)57-29-22-30-58(48-57)77(2,3)4)72-46-44-65(51-74(72)79)83(62-33-14-7-15-34-62,63-35-16-8-17-36-63)64-37-18-9-19-38-64/h5-52H,1-4H3/i1D3,5D,6D,7D,8D,9D,10D,11D,12D,13D,14D,15D,16D,17D,18D,19D,25D,26D,27D,28D,33D,34D,35D,36D,37D,38D. The van der Waals surface area contributed by atoms with Crippen molar-refractivity contribution in [3.8, 4) is 62.1 Å². The van der Waals surface area contributed by atoms with Gasteiger partial charge in [0.15, 0.2) is 8.07 Å². The lowest BCUT2D eigenvalue weighted by atomic mass is 9.85. The summed E-state index contributed by atoms with van der Waals surface area (Å²) in [6.07, 6.45) is 4.64. The quantitative estimate of drug-likeness (QED) is 0.0529. The van der Waals surface area contributed by atoms with E-state index in [1.807, 2.05) is 57.2 Å². The number of imidazole rings is 1. The number of hydrogen-bond donors (Lipinski definition) is 0. The summed E-state index contributed by atoms with van der Waals surface area (Å²) in [5.41, 5.74) is 1.79. The minimum atomic E-state index is -5.82. The average molecular weight is 1110 g/mol. The first-order valence-electron chi connectivity index (χ1n) is 40.2. The van der Waals surface area contributed by atoms with Crippen LogP contribution in [0.3, 0.4) is 0 Å². The molecule has 0 spiro atoms. The van der Waals surface area contributed by atoms with Gasteiger partial charge >= 0.3 is 0 Å². The number of hydrogen-bond acceptors (Lipinski definition) is 2. The van der Waals surface area contributed by atoms with Gasteiger partial charge in [-0.3, -0.25) is 13.7 Å². The Balaban J connectivity index is 1.08. The molecule has 14 rings (SSSR count). The summed E-state index contributed by atoms with van der Waals surface area (Å²) in [6, 6.07) is 15.7. The molecule has 0 radical (unpaired) electrons. The molecule has 0 aliphatic heterocycles. The predicted molar refractivity (Wildman–Crippen MR) is 346 cm³/mol. The number of aromatic nitrogens is 4. The van der Waals surface area contributed by atoms with Crippen molar-refractivity contribution in [3.05, 3.63) is 308 Å². The van der Waals surface area contributed by atoms with Crippen molar-refractivity contribution in [2.45, 2.75) is 33.0 Å². The van der Waals surface area contributed by atoms with Gasteiger partial charge in [-0.25, -0.2) is 4.98 Å². The van der Waals surface area contributed by atoms with Gasteiger partial charge in [0.25, 0.3) is 6.33 Å². The molecule has 0 unspecified atom stereocenters. The van der Waals surface area contributed by atoms with E-state index < -0.39 is 187 Å². The van der Waals surface area contributed by atoms with E-state index in [0.717, 1.165) is 11.8 Å². The van der Waals surface area contributed by atoms with E-state index in [9.17, 15) is 19.2 Å². The molecule has 0 saturated carbocycles. The molecule has 5 nitrogen and oxygen atoms in total. The number of aryl methyl sites for hydroxylation is 1. The maximum Gasteiger partial charge on any atom is 0.269 e. The van der Waals surface area contributed by atoms with E-state index in [4.69, 9.17) is 28.9 Å². The summed E-state index contributed by atoms with van der Waals surface area (Å²) in [5, 5.41) is -1.17. The molecule has 0 N–H and O–H groups in total. The Hall–Kier alpha value is -10.1. The zero-order chi connectivity index (χ0) is 80.3. The molecule has 11 aromatic carbocycles. The first-order valence-corrected chi connectivity index (χ1v) is 28.2. The molecule has 14 aromatic rings. The second-order valence-corrected chi connectivity index (χ2v) is 24.1. The van der Waals surface area contributed by atoms with Crippen molar-refractivity contribution < 1.29 is 47.7 Å². The third-order valence-electron chi connectivity index (χ3n) is 14.6. The fourth-order valence-electron chi connectivity index (χ4n) is 10.8. The molecule has 0 amide bonds. The third kappa shape index (κ3) is 9.14. The van der Waals surface area contributed by atoms with Crippen LogP contribution in [0, 0.1) is 13.2 Å². The molecule has 6 heteroatoms. The van der Waals surface area contributed by atoms with E-state index >= 15 is 0 Å². The van der Waals surface area contributed by atoms with E-state index in [1.54, 1.807) is 81.9 Å². The molecule has 0 bridgehead atoms. The fourth-order valence-corrected chi connectivity index (χ4v) is 14.6. The molecular weight excluding hydrogens is 1020 g/mol. The fraction of sp³-hybridized carbons (Fsp3) is 0.0649. The highest BCUT2D eigenvalue weighted by molar-refractivity contribution is 7.20. The number of nitrogens with zero attached hydrogens (tertiary/aromatic N) is 4. The summed E-state index contributed by atoms with van der Waals surface area (Å²) in [5.74, 6) is 0.384. The number of benzene rings is 11. The number of pyridine rings is 1. The second-order valence-electron chi connectivity index (χ2n) is 20.5. The summed E-state index contributed by atoms with van der Waals surface area (Å²) in [6.45, 7) is 3.12. The van der Waals surface area contributed by atoms with Crippen LogP contribution >= 0.6 is 0 Å². The molecule has 0 aliphatic carbocycles. The molecule has 83 heavy (non-hydrogen) atoms. The van der Waals surface area contributed by atoms with Gasteiger partial charge in [0.05, 0.1) is 67.7 Å². The van der Waals surface area contributed by atoms with Gasteiger partial charge < -0.3 is 4.74 Å². The minimum absolute atomic E-state index is 0.00587. The molecule has 0 atom stereocenters. The van der Waals surface area contributed by atoms with Crippen LogP contribution in [0.5, 0.6) is 11.5 Å². The van der Waals surface area contributed by atoms with Crippen LogP contribution in [0.1, 0.15) is 70.3 Å². The minimum Gasteiger partial charge on any atom is -0.458 e. The monoisotopic (exact) mass is 1110 g/mol. The van der Waals surface area contributed by atoms with E-state index in [2.05, 4.69) is 6.33 Å². The van der Waals surface area contributed by atoms with Crippen molar-refractivity contribution in [2.24, 2.45) is 0 Å². The normalized spacial score (nSPS) is 16.8. The van der Waals surface area contributed by atoms with Crippen LogP contribution < -0.4 is 30.1 Å². The van der Waals surface area contributed by atoms with Crippen LogP contribution in [-0.2, 0) is 5.41 Å². The Morgan fingerprint density at radius 2 is 1.08 bits per heavy atom. The topological polar surface area (TPSA) is 35.9 Å². The highest BCUT2D eigenvalue weighted by atomic mass is 28.3. The lowest BCUT2D eigenvalue weighted by Crippen LogP contribution is -2.74. The van der Waals surface area contributed by atoms with Crippen LogP contribution in [0.2, 0.25) is 0 Å². The second kappa shape index (κ2) is 21.1. The average Bonchev–Trinajstić information content (AvgIpc) is 1.10. The highest BCUT2D eigenvalue weighted by Gasteiger charge is 2.41. The number of fused-ring (bicyclic) bond motifs is 4. The van der Waals surface area contributed by atoms with Gasteiger partial charge in [0.2, 0.25) is 0 Å². The zero-order valence-electron chi connectivity index (χ0n) is 72.5. The van der Waals surface area contributed by atoms with E-state index in [-0.39, 0.29) is 72.7 Å². The molecule has 0 aliphatic rings. The van der Waals surface area contributed by atoms with Crippen molar-refractivity contribution in [1.82, 2.24) is 14.1 Å². The lowest BCUT2D eigenvalue weighted by Gasteiger charge is -2.34. The van der Waals surface area contributed by atoms with Gasteiger partial charge in [0.1, 0.15) is 17.3 Å². The maximum atomic E-state index is 9.87. The molecule has 398 valence electrons. The van der Waals surface area contributed by atoms with Crippen molar-refractivity contribution >= 4 is 61.7 Å². The first kappa shape index (κ1) is 29.0. The molecule has 0 saturated heterocycles. The van der Waals surface area contributed by atoms with Gasteiger partial charge in [-0.2, -0.15) is 0 Å². The van der Waals surface area contributed by atoms with Crippen LogP contribution in [0.15, 0.2) is 291 Å². The number of rotatable bonds is 12. The highest BCUT2D eigenvalue weighted by Crippen LogP contribution is 2.39. The SMILES string of the molecule is [2H]c1c([2H])c([2H])c(-c2cnc(-n3c4ccccc4c4ccc(Oc5cccc(-n6[c-][n+](-c7c(-c8cccc(C(C)(C)C)c8)cccc7-c7c([2H])c([2H])c([2H])c([2H])c7[2H])c7ccc([Si](c8c([2H])c([2H])c([2H])c([2H])c8[2H])(c8c([2H])c([2H])c([2H])c([2H])c8[2H])c8c([2H])c([2H])c([2H])c([2H])c8[2H])cc76)c5)cc43)cc2C([2H])([2H])[2H])c([2H])c1[2H]. The summed E-state index contributed by atoms with van der Waals surface area (Å²) < 4.78 is 267. The van der Waals surface area contributed by atoms with Gasteiger partial charge in [-0.15, -0.1) is 0 Å². The molecule has 3 heterocycles. The number of para-hydroxylation sites is 2. The third-order valence-corrected chi connectivity index (χ3v) is 18.8. The predicted octanol–water partition coefficient (Wildman–Crippen LogP) is 16.0. The first-order chi connectivity index (χ1) is 52.3. The van der Waals surface area contributed by atoms with Gasteiger partial charge in [0, 0.05) is 32.7 Å². The van der Waals surface area contributed by atoms with Crippen molar-refractivity contribution in [3.63, 3.8) is 0 Å². The molecular formula is C77H60N4OSi. The van der Waals surface area contributed by atoms with Crippen LogP contribution in [-0.4, -0.2) is 22.2 Å². The largest absolute Gasteiger partial charge is 0.458 e. The summed E-state index contributed by atoms with van der Waals surface area (Å²) in [4.78, 5) is 4.71. The Morgan fingerprint density at radius 1 is 0.494 bits per heavy atom. The molecule has 0 fully saturated rings. The van der Waals surface area contributed by atoms with Crippen molar-refractivity contribution in [2.75, 3.05) is 0 Å². The zero-order valence-corrected chi connectivity index (χ0v) is 45.5. The van der Waals surface area contributed by atoms with E-state index in [0.29, 0.717) is 32.9 Å². The molecule has 3 aromatic heterocycles. The van der Waals surface area contributed by atoms with Crippen molar-refractivity contribution in [1.29, 1.82) is 0 Å². The van der Waals surface area contributed by atoms with Gasteiger partial charge in [-0.05, 0) is 114 Å². The number of ether oxygens (including phenoxy) is 1.